The van der Waals surface area contributed by atoms with Crippen LogP contribution in [0.3, 0.4) is 0 Å². The third-order valence-corrected chi connectivity index (χ3v) is 1.96. The number of carboxylic acid groups (broad SMARTS) is 1. The lowest BCUT2D eigenvalue weighted by Gasteiger charge is -2.11. The van der Waals surface area contributed by atoms with Crippen LogP contribution in [0.2, 0.25) is 0 Å². The van der Waals surface area contributed by atoms with E-state index in [1.807, 2.05) is 13.0 Å². The molecule has 0 heterocycles. The van der Waals surface area contributed by atoms with Gasteiger partial charge in [-0.05, 0) is 12.5 Å². The molecule has 4 nitrogen and oxygen atoms in total. The average molecular weight is 180 g/mol. The molecule has 0 spiro atoms. The Balaban J connectivity index is 3.15. The summed E-state index contributed by atoms with van der Waals surface area (Å²) in [7, 11) is 0. The largest absolute Gasteiger partial charge is 0.480 e. The molecule has 1 atom stereocenters. The number of anilines is 1. The highest BCUT2D eigenvalue weighted by atomic mass is 16.4. The molecule has 1 aromatic carbocycles. The first-order chi connectivity index (χ1) is 6.04. The van der Waals surface area contributed by atoms with Gasteiger partial charge in [0.2, 0.25) is 0 Å². The molecular weight excluding hydrogens is 168 g/mol. The van der Waals surface area contributed by atoms with Crippen LogP contribution in [-0.4, -0.2) is 11.1 Å². The van der Waals surface area contributed by atoms with Crippen molar-refractivity contribution in [2.24, 2.45) is 5.73 Å². The molecule has 0 saturated carbocycles. The number of nitrogens with two attached hydrogens (primary N) is 2. The molecule has 0 radical (unpaired) electrons. The summed E-state index contributed by atoms with van der Waals surface area (Å²) >= 11 is 0. The third-order valence-electron chi connectivity index (χ3n) is 1.96. The molecule has 0 aromatic heterocycles. The van der Waals surface area contributed by atoms with Crippen molar-refractivity contribution < 1.29 is 9.90 Å². The SMILES string of the molecule is Cc1cccc([C@H](N)C(=O)O)c1N. The van der Waals surface area contributed by atoms with E-state index in [1.54, 1.807) is 12.1 Å². The van der Waals surface area contributed by atoms with Crippen LogP contribution >= 0.6 is 0 Å². The van der Waals surface area contributed by atoms with Crippen LogP contribution in [0.1, 0.15) is 17.2 Å². The van der Waals surface area contributed by atoms with Crippen LogP contribution < -0.4 is 11.5 Å². The summed E-state index contributed by atoms with van der Waals surface area (Å²) in [5.41, 5.74) is 12.9. The van der Waals surface area contributed by atoms with Gasteiger partial charge in [-0.15, -0.1) is 0 Å². The van der Waals surface area contributed by atoms with E-state index in [0.717, 1.165) is 5.56 Å². The van der Waals surface area contributed by atoms with Gasteiger partial charge in [-0.2, -0.15) is 0 Å². The molecule has 0 amide bonds. The second-order valence-corrected chi connectivity index (χ2v) is 2.89. The fourth-order valence-corrected chi connectivity index (χ4v) is 1.11. The van der Waals surface area contributed by atoms with E-state index < -0.39 is 12.0 Å². The van der Waals surface area contributed by atoms with Gasteiger partial charge in [-0.25, -0.2) is 0 Å². The third kappa shape index (κ3) is 1.78. The minimum absolute atomic E-state index is 0.456. The number of hydrogen-bond donors (Lipinski definition) is 3. The van der Waals surface area contributed by atoms with E-state index in [-0.39, 0.29) is 0 Å². The van der Waals surface area contributed by atoms with Gasteiger partial charge in [0.05, 0.1) is 0 Å². The van der Waals surface area contributed by atoms with Crippen LogP contribution in [0, 0.1) is 6.92 Å². The van der Waals surface area contributed by atoms with E-state index in [2.05, 4.69) is 0 Å². The minimum atomic E-state index is -1.07. The number of nitrogen functional groups attached to an aromatic ring is 1. The van der Waals surface area contributed by atoms with Crippen molar-refractivity contribution in [3.63, 3.8) is 0 Å². The highest BCUT2D eigenvalue weighted by Crippen LogP contribution is 2.21. The first kappa shape index (κ1) is 9.54. The van der Waals surface area contributed by atoms with Crippen LogP contribution in [0.25, 0.3) is 0 Å². The van der Waals surface area contributed by atoms with Crippen LogP contribution in [-0.2, 0) is 4.79 Å². The molecule has 0 fully saturated rings. The molecule has 4 heteroatoms. The molecule has 0 saturated heterocycles. The lowest BCUT2D eigenvalue weighted by molar-refractivity contribution is -0.138. The van der Waals surface area contributed by atoms with E-state index in [0.29, 0.717) is 11.3 Å². The number of benzene rings is 1. The molecule has 5 N–H and O–H groups in total. The van der Waals surface area contributed by atoms with Gasteiger partial charge >= 0.3 is 5.97 Å². The molecule has 0 bridgehead atoms. The summed E-state index contributed by atoms with van der Waals surface area (Å²) in [6.07, 6.45) is 0. The fourth-order valence-electron chi connectivity index (χ4n) is 1.11. The Kier molecular flexibility index (Phi) is 2.53. The summed E-state index contributed by atoms with van der Waals surface area (Å²) in [5, 5.41) is 8.67. The molecule has 0 aliphatic rings. The number of hydrogen-bond acceptors (Lipinski definition) is 3. The van der Waals surface area contributed by atoms with E-state index in [4.69, 9.17) is 16.6 Å². The summed E-state index contributed by atoms with van der Waals surface area (Å²) < 4.78 is 0. The number of para-hydroxylation sites is 1. The number of aliphatic carboxylic acids is 1. The standard InChI is InChI=1S/C9H12N2O2/c1-5-3-2-4-6(7(5)10)8(11)9(12)13/h2-4,8H,10-11H2,1H3,(H,12,13)/t8-/m0/s1. The van der Waals surface area contributed by atoms with Gasteiger partial charge in [-0.1, -0.05) is 18.2 Å². The van der Waals surface area contributed by atoms with Crippen molar-refractivity contribution in [1.29, 1.82) is 0 Å². The smallest absolute Gasteiger partial charge is 0.325 e. The molecule has 0 unspecified atom stereocenters. The average Bonchev–Trinajstić information content (AvgIpc) is 2.08. The maximum Gasteiger partial charge on any atom is 0.325 e. The van der Waals surface area contributed by atoms with Crippen molar-refractivity contribution in [3.05, 3.63) is 29.3 Å². The zero-order chi connectivity index (χ0) is 10.0. The zero-order valence-electron chi connectivity index (χ0n) is 7.32. The molecule has 13 heavy (non-hydrogen) atoms. The topological polar surface area (TPSA) is 89.3 Å². The van der Waals surface area contributed by atoms with Crippen molar-refractivity contribution in [1.82, 2.24) is 0 Å². The molecule has 1 aromatic rings. The Bertz CT molecular complexity index is 336. The molecule has 1 rings (SSSR count). The second-order valence-electron chi connectivity index (χ2n) is 2.89. The Morgan fingerprint density at radius 3 is 2.69 bits per heavy atom. The van der Waals surface area contributed by atoms with Crippen molar-refractivity contribution >= 4 is 11.7 Å². The molecule has 0 aliphatic carbocycles. The van der Waals surface area contributed by atoms with Gasteiger partial charge < -0.3 is 16.6 Å². The summed E-state index contributed by atoms with van der Waals surface area (Å²) in [5.74, 6) is -1.07. The van der Waals surface area contributed by atoms with Crippen molar-refractivity contribution in [3.8, 4) is 0 Å². The lowest BCUT2D eigenvalue weighted by atomic mass is 10.0. The number of rotatable bonds is 2. The first-order valence-electron chi connectivity index (χ1n) is 3.87. The van der Waals surface area contributed by atoms with Crippen LogP contribution in [0.5, 0.6) is 0 Å². The Morgan fingerprint density at radius 2 is 2.15 bits per heavy atom. The second kappa shape index (κ2) is 3.45. The summed E-state index contributed by atoms with van der Waals surface area (Å²) in [4.78, 5) is 10.6. The van der Waals surface area contributed by atoms with E-state index in [9.17, 15) is 4.79 Å². The highest BCUT2D eigenvalue weighted by Gasteiger charge is 2.17. The predicted molar refractivity (Wildman–Crippen MR) is 50.2 cm³/mol. The summed E-state index contributed by atoms with van der Waals surface area (Å²) in [6, 6.07) is 4.14. The van der Waals surface area contributed by atoms with Crippen LogP contribution in [0.15, 0.2) is 18.2 Å². The Labute approximate surface area is 76.2 Å². The van der Waals surface area contributed by atoms with Crippen LogP contribution in [0.4, 0.5) is 5.69 Å². The quantitative estimate of drug-likeness (QED) is 0.583. The van der Waals surface area contributed by atoms with Crippen molar-refractivity contribution in [2.75, 3.05) is 5.73 Å². The van der Waals surface area contributed by atoms with Gasteiger partial charge in [-0.3, -0.25) is 4.79 Å². The number of aryl methyl sites for hydroxylation is 1. The number of carbonyl (C=O) groups is 1. The van der Waals surface area contributed by atoms with Gasteiger partial charge in [0, 0.05) is 11.3 Å². The fraction of sp³-hybridized carbons (Fsp3) is 0.222. The molecule has 0 aliphatic heterocycles. The summed E-state index contributed by atoms with van der Waals surface area (Å²) in [6.45, 7) is 1.81. The van der Waals surface area contributed by atoms with Gasteiger partial charge in [0.15, 0.2) is 0 Å². The van der Waals surface area contributed by atoms with Gasteiger partial charge in [0.1, 0.15) is 6.04 Å². The Hall–Kier alpha value is -1.55. The first-order valence-corrected chi connectivity index (χ1v) is 3.87. The van der Waals surface area contributed by atoms with E-state index in [1.165, 1.54) is 0 Å². The zero-order valence-corrected chi connectivity index (χ0v) is 7.32. The lowest BCUT2D eigenvalue weighted by Crippen LogP contribution is -2.22. The van der Waals surface area contributed by atoms with Gasteiger partial charge in [0.25, 0.3) is 0 Å². The number of carboxylic acids is 1. The predicted octanol–water partition coefficient (Wildman–Crippen LogP) is 0.662. The van der Waals surface area contributed by atoms with Crippen molar-refractivity contribution in [2.45, 2.75) is 13.0 Å². The minimum Gasteiger partial charge on any atom is -0.480 e. The highest BCUT2D eigenvalue weighted by molar-refractivity contribution is 5.78. The van der Waals surface area contributed by atoms with E-state index >= 15 is 0 Å². The Morgan fingerprint density at radius 1 is 1.54 bits per heavy atom. The normalized spacial score (nSPS) is 12.5. The molecule has 70 valence electrons. The monoisotopic (exact) mass is 180 g/mol. The maximum absolute atomic E-state index is 10.6. The maximum atomic E-state index is 10.6. The molecular formula is C9H12N2O2.